The van der Waals surface area contributed by atoms with Crippen LogP contribution >= 0.6 is 0 Å². The summed E-state index contributed by atoms with van der Waals surface area (Å²) in [4.78, 5) is 0. The Morgan fingerprint density at radius 3 is 2.00 bits per heavy atom. The van der Waals surface area contributed by atoms with E-state index in [-0.39, 0.29) is 0 Å². The highest BCUT2D eigenvalue weighted by Crippen LogP contribution is 2.36. The van der Waals surface area contributed by atoms with Crippen LogP contribution in [0.15, 0.2) is 12.1 Å². The van der Waals surface area contributed by atoms with Gasteiger partial charge in [0.25, 0.3) is 0 Å². The van der Waals surface area contributed by atoms with E-state index in [0.717, 1.165) is 0 Å². The minimum Gasteiger partial charge on any atom is -0.396 e. The first-order valence-corrected chi connectivity index (χ1v) is 3.24. The SMILES string of the molecule is Nc1c(F)ccc(C(F)(F)F)c1N. The molecule has 0 heterocycles. The van der Waals surface area contributed by atoms with E-state index < -0.39 is 28.9 Å². The molecule has 13 heavy (non-hydrogen) atoms. The molecule has 4 N–H and O–H groups in total. The Labute approximate surface area is 71.1 Å². The lowest BCUT2D eigenvalue weighted by molar-refractivity contribution is -0.136. The summed E-state index contributed by atoms with van der Waals surface area (Å²) in [7, 11) is 0. The lowest BCUT2D eigenvalue weighted by Gasteiger charge is -2.11. The molecule has 0 amide bonds. The fourth-order valence-corrected chi connectivity index (χ4v) is 0.857. The van der Waals surface area contributed by atoms with Crippen LogP contribution in [0.3, 0.4) is 0 Å². The van der Waals surface area contributed by atoms with Gasteiger partial charge in [-0.25, -0.2) is 4.39 Å². The van der Waals surface area contributed by atoms with Gasteiger partial charge in [-0.3, -0.25) is 0 Å². The van der Waals surface area contributed by atoms with Crippen LogP contribution in [0, 0.1) is 5.82 Å². The van der Waals surface area contributed by atoms with Crippen molar-refractivity contribution in [3.8, 4) is 0 Å². The third-order valence-corrected chi connectivity index (χ3v) is 1.54. The van der Waals surface area contributed by atoms with Crippen LogP contribution in [0.5, 0.6) is 0 Å². The number of hydrogen-bond donors (Lipinski definition) is 2. The van der Waals surface area contributed by atoms with Crippen LogP contribution in [0.1, 0.15) is 5.56 Å². The van der Waals surface area contributed by atoms with Gasteiger partial charge >= 0.3 is 6.18 Å². The molecule has 0 bridgehead atoms. The predicted octanol–water partition coefficient (Wildman–Crippen LogP) is 2.01. The molecule has 0 saturated carbocycles. The molecule has 72 valence electrons. The Morgan fingerprint density at radius 1 is 1.00 bits per heavy atom. The standard InChI is InChI=1S/C7H6F4N2/c8-4-2-1-3(7(9,10)11)5(12)6(4)13/h1-2H,12-13H2. The maximum Gasteiger partial charge on any atom is 0.418 e. The van der Waals surface area contributed by atoms with Crippen molar-refractivity contribution < 1.29 is 17.6 Å². The van der Waals surface area contributed by atoms with Crippen LogP contribution in [-0.4, -0.2) is 0 Å². The van der Waals surface area contributed by atoms with Crippen LogP contribution in [-0.2, 0) is 6.18 Å². The number of nitrogens with two attached hydrogens (primary N) is 2. The molecular weight excluding hydrogens is 188 g/mol. The average molecular weight is 194 g/mol. The highest BCUT2D eigenvalue weighted by atomic mass is 19.4. The van der Waals surface area contributed by atoms with Crippen molar-refractivity contribution in [1.29, 1.82) is 0 Å². The van der Waals surface area contributed by atoms with Crippen LogP contribution in [0.4, 0.5) is 28.9 Å². The van der Waals surface area contributed by atoms with E-state index in [1.165, 1.54) is 0 Å². The highest BCUT2D eigenvalue weighted by Gasteiger charge is 2.34. The Bertz CT molecular complexity index is 332. The quantitative estimate of drug-likeness (QED) is 0.490. The maximum atomic E-state index is 12.6. The largest absolute Gasteiger partial charge is 0.418 e. The van der Waals surface area contributed by atoms with Crippen molar-refractivity contribution in [2.75, 3.05) is 11.5 Å². The number of benzene rings is 1. The van der Waals surface area contributed by atoms with Crippen molar-refractivity contribution in [3.05, 3.63) is 23.5 Å². The number of rotatable bonds is 0. The number of halogens is 4. The van der Waals surface area contributed by atoms with Crippen molar-refractivity contribution >= 4 is 11.4 Å². The van der Waals surface area contributed by atoms with E-state index in [4.69, 9.17) is 11.5 Å². The van der Waals surface area contributed by atoms with Crippen molar-refractivity contribution in [2.45, 2.75) is 6.18 Å². The van der Waals surface area contributed by atoms with Gasteiger partial charge in [0.2, 0.25) is 0 Å². The van der Waals surface area contributed by atoms with Gasteiger partial charge in [-0.2, -0.15) is 13.2 Å². The zero-order valence-electron chi connectivity index (χ0n) is 6.32. The molecule has 0 aliphatic carbocycles. The van der Waals surface area contributed by atoms with E-state index in [9.17, 15) is 17.6 Å². The van der Waals surface area contributed by atoms with E-state index in [0.29, 0.717) is 12.1 Å². The second-order valence-electron chi connectivity index (χ2n) is 2.42. The molecule has 0 fully saturated rings. The molecule has 0 aliphatic heterocycles. The fourth-order valence-electron chi connectivity index (χ4n) is 0.857. The Morgan fingerprint density at radius 2 is 1.54 bits per heavy atom. The minimum atomic E-state index is -4.61. The number of hydrogen-bond acceptors (Lipinski definition) is 2. The summed E-state index contributed by atoms with van der Waals surface area (Å²) in [5.74, 6) is -0.953. The van der Waals surface area contributed by atoms with E-state index in [1.54, 1.807) is 0 Å². The van der Waals surface area contributed by atoms with E-state index in [1.807, 2.05) is 0 Å². The lowest BCUT2D eigenvalue weighted by atomic mass is 10.1. The maximum absolute atomic E-state index is 12.6. The summed E-state index contributed by atoms with van der Waals surface area (Å²) in [5, 5.41) is 0. The molecule has 6 heteroatoms. The van der Waals surface area contributed by atoms with E-state index in [2.05, 4.69) is 0 Å². The van der Waals surface area contributed by atoms with Gasteiger partial charge in [0, 0.05) is 0 Å². The summed E-state index contributed by atoms with van der Waals surface area (Å²) < 4.78 is 48.9. The van der Waals surface area contributed by atoms with Gasteiger partial charge in [0.1, 0.15) is 5.82 Å². The minimum absolute atomic E-state index is 0.557. The summed E-state index contributed by atoms with van der Waals surface area (Å²) in [5.41, 5.74) is 7.40. The molecule has 0 unspecified atom stereocenters. The molecule has 0 radical (unpaired) electrons. The molecule has 1 rings (SSSR count). The predicted molar refractivity (Wildman–Crippen MR) is 40.2 cm³/mol. The van der Waals surface area contributed by atoms with Gasteiger partial charge in [-0.1, -0.05) is 0 Å². The first kappa shape index (κ1) is 9.63. The van der Waals surface area contributed by atoms with Gasteiger partial charge in [-0.15, -0.1) is 0 Å². The average Bonchev–Trinajstić information content (AvgIpc) is 1.98. The molecule has 2 nitrogen and oxygen atoms in total. The summed E-state index contributed by atoms with van der Waals surface area (Å²) >= 11 is 0. The smallest absolute Gasteiger partial charge is 0.396 e. The Balaban J connectivity index is 3.35. The molecular formula is C7H6F4N2. The second-order valence-corrected chi connectivity index (χ2v) is 2.42. The summed E-state index contributed by atoms with van der Waals surface area (Å²) in [6.45, 7) is 0. The van der Waals surface area contributed by atoms with Crippen molar-refractivity contribution in [2.24, 2.45) is 0 Å². The van der Waals surface area contributed by atoms with Crippen LogP contribution in [0.2, 0.25) is 0 Å². The second kappa shape index (κ2) is 2.79. The van der Waals surface area contributed by atoms with Crippen LogP contribution < -0.4 is 11.5 Å². The van der Waals surface area contributed by atoms with Crippen molar-refractivity contribution in [1.82, 2.24) is 0 Å². The number of anilines is 2. The Hall–Kier alpha value is -1.46. The normalized spacial score (nSPS) is 11.7. The lowest BCUT2D eigenvalue weighted by Crippen LogP contribution is -2.11. The number of nitrogen functional groups attached to an aromatic ring is 2. The third kappa shape index (κ3) is 1.66. The molecule has 1 aromatic carbocycles. The molecule has 1 aromatic rings. The van der Waals surface area contributed by atoms with Gasteiger partial charge in [-0.05, 0) is 12.1 Å². The Kier molecular flexibility index (Phi) is 2.07. The topological polar surface area (TPSA) is 52.0 Å². The first-order chi connectivity index (χ1) is 5.84. The van der Waals surface area contributed by atoms with Gasteiger partial charge in [0.05, 0.1) is 16.9 Å². The molecule has 0 aliphatic rings. The summed E-state index contributed by atoms with van der Waals surface area (Å²) in [6, 6.07) is 1.19. The molecule has 0 atom stereocenters. The highest BCUT2D eigenvalue weighted by molar-refractivity contribution is 5.68. The zero-order valence-corrected chi connectivity index (χ0v) is 6.32. The first-order valence-electron chi connectivity index (χ1n) is 3.24. The monoisotopic (exact) mass is 194 g/mol. The van der Waals surface area contributed by atoms with Gasteiger partial charge < -0.3 is 11.5 Å². The van der Waals surface area contributed by atoms with Crippen molar-refractivity contribution in [3.63, 3.8) is 0 Å². The molecule has 0 saturated heterocycles. The number of alkyl halides is 3. The van der Waals surface area contributed by atoms with E-state index >= 15 is 0 Å². The third-order valence-electron chi connectivity index (χ3n) is 1.54. The van der Waals surface area contributed by atoms with Crippen LogP contribution in [0.25, 0.3) is 0 Å². The molecule has 0 spiro atoms. The van der Waals surface area contributed by atoms with Gasteiger partial charge in [0.15, 0.2) is 0 Å². The molecule has 0 aromatic heterocycles. The zero-order chi connectivity index (χ0) is 10.2. The summed E-state index contributed by atoms with van der Waals surface area (Å²) in [6.07, 6.45) is -4.61. The fraction of sp³-hybridized carbons (Fsp3) is 0.143.